The summed E-state index contributed by atoms with van der Waals surface area (Å²) in [5.74, 6) is 0.161. The minimum Gasteiger partial charge on any atom is -0.497 e. The molecule has 0 heterocycles. The van der Waals surface area contributed by atoms with Gasteiger partial charge in [0.25, 0.3) is 10.0 Å². The van der Waals surface area contributed by atoms with Crippen LogP contribution in [0.3, 0.4) is 0 Å². The number of sulfonamides is 2. The van der Waals surface area contributed by atoms with Crippen molar-refractivity contribution in [3.8, 4) is 11.5 Å². The number of rotatable bonds is 10. The van der Waals surface area contributed by atoms with Crippen molar-refractivity contribution < 1.29 is 31.1 Å². The summed E-state index contributed by atoms with van der Waals surface area (Å²) in [4.78, 5) is 12.8. The average Bonchev–Trinajstić information content (AvgIpc) is 2.85. The van der Waals surface area contributed by atoms with Crippen LogP contribution in [0.2, 0.25) is 5.02 Å². The molecule has 0 radical (unpaired) electrons. The van der Waals surface area contributed by atoms with Gasteiger partial charge in [-0.05, 0) is 67.6 Å². The normalized spacial score (nSPS) is 12.4. The molecule has 3 rings (SSSR count). The molecular formula is C24H26ClN3O7S2. The van der Waals surface area contributed by atoms with Crippen molar-refractivity contribution in [2.45, 2.75) is 17.9 Å². The molecule has 37 heavy (non-hydrogen) atoms. The summed E-state index contributed by atoms with van der Waals surface area (Å²) in [5.41, 5.74) is 0.774. The zero-order valence-corrected chi connectivity index (χ0v) is 22.8. The summed E-state index contributed by atoms with van der Waals surface area (Å²) in [5, 5.41) is 3.04. The molecule has 0 bridgehead atoms. The number of carbonyl (C=O) groups is 1. The number of carbonyl (C=O) groups excluding carboxylic acids is 1. The Labute approximate surface area is 221 Å². The second-order valence-corrected chi connectivity index (χ2v) is 11.9. The number of methoxy groups -OCH3 is 2. The van der Waals surface area contributed by atoms with Gasteiger partial charge in [0, 0.05) is 16.8 Å². The van der Waals surface area contributed by atoms with Gasteiger partial charge in [0.05, 0.1) is 36.7 Å². The Morgan fingerprint density at radius 2 is 1.54 bits per heavy atom. The molecule has 0 saturated carbocycles. The third kappa shape index (κ3) is 6.85. The molecule has 0 aliphatic heterocycles. The third-order valence-corrected chi connectivity index (χ3v) is 8.13. The Hall–Kier alpha value is -3.48. The molecule has 0 aliphatic carbocycles. The Morgan fingerprint density at radius 1 is 0.919 bits per heavy atom. The smallest absolute Gasteiger partial charge is 0.262 e. The highest BCUT2D eigenvalue weighted by molar-refractivity contribution is 7.92. The van der Waals surface area contributed by atoms with E-state index < -0.39 is 32.0 Å². The first-order valence-electron chi connectivity index (χ1n) is 10.8. The second kappa shape index (κ2) is 11.3. The van der Waals surface area contributed by atoms with E-state index in [1.807, 2.05) is 0 Å². The Balaban J connectivity index is 1.77. The molecular weight excluding hydrogens is 542 g/mol. The SMILES string of the molecule is COc1ccc(NS(=O)(=O)c2ccc(NC(=O)[C@H](C)N(c3ccc(Cl)cc3)S(C)(=O)=O)cc2)c(OC)c1. The van der Waals surface area contributed by atoms with Gasteiger partial charge in [-0.3, -0.25) is 13.8 Å². The first kappa shape index (κ1) is 28.1. The molecule has 10 nitrogen and oxygen atoms in total. The predicted octanol–water partition coefficient (Wildman–Crippen LogP) is 3.95. The van der Waals surface area contributed by atoms with Gasteiger partial charge in [-0.2, -0.15) is 0 Å². The van der Waals surface area contributed by atoms with Gasteiger partial charge in [0.1, 0.15) is 17.5 Å². The van der Waals surface area contributed by atoms with Crippen LogP contribution in [0.25, 0.3) is 0 Å². The highest BCUT2D eigenvalue weighted by Crippen LogP contribution is 2.31. The van der Waals surface area contributed by atoms with E-state index >= 15 is 0 Å². The molecule has 0 spiro atoms. The maximum Gasteiger partial charge on any atom is 0.262 e. The van der Waals surface area contributed by atoms with E-state index in [4.69, 9.17) is 21.1 Å². The van der Waals surface area contributed by atoms with Crippen LogP contribution in [-0.4, -0.2) is 49.3 Å². The van der Waals surface area contributed by atoms with Crippen molar-refractivity contribution in [3.63, 3.8) is 0 Å². The highest BCUT2D eigenvalue weighted by Gasteiger charge is 2.29. The summed E-state index contributed by atoms with van der Waals surface area (Å²) in [6.07, 6.45) is 0.996. The van der Waals surface area contributed by atoms with Crippen LogP contribution in [0.1, 0.15) is 6.92 Å². The topological polar surface area (TPSA) is 131 Å². The fourth-order valence-electron chi connectivity index (χ4n) is 3.45. The summed E-state index contributed by atoms with van der Waals surface area (Å²) >= 11 is 5.89. The fourth-order valence-corrected chi connectivity index (χ4v) is 5.82. The van der Waals surface area contributed by atoms with Gasteiger partial charge in [0.15, 0.2) is 0 Å². The number of halogens is 1. The highest BCUT2D eigenvalue weighted by atomic mass is 35.5. The first-order chi connectivity index (χ1) is 17.4. The van der Waals surface area contributed by atoms with Crippen LogP contribution in [0, 0.1) is 0 Å². The molecule has 198 valence electrons. The minimum atomic E-state index is -3.98. The zero-order chi connectivity index (χ0) is 27.4. The Bertz CT molecular complexity index is 1480. The van der Waals surface area contributed by atoms with Crippen LogP contribution >= 0.6 is 11.6 Å². The van der Waals surface area contributed by atoms with Crippen LogP contribution < -0.4 is 23.8 Å². The van der Waals surface area contributed by atoms with E-state index in [-0.39, 0.29) is 27.7 Å². The number of anilines is 3. The molecule has 13 heteroatoms. The van der Waals surface area contributed by atoms with Crippen LogP contribution in [0.4, 0.5) is 17.1 Å². The van der Waals surface area contributed by atoms with Gasteiger partial charge in [0.2, 0.25) is 15.9 Å². The largest absolute Gasteiger partial charge is 0.497 e. The van der Waals surface area contributed by atoms with E-state index in [1.165, 1.54) is 75.7 Å². The van der Waals surface area contributed by atoms with E-state index in [2.05, 4.69) is 10.0 Å². The second-order valence-electron chi connectivity index (χ2n) is 7.90. The summed E-state index contributed by atoms with van der Waals surface area (Å²) in [7, 11) is -4.90. The quantitative estimate of drug-likeness (QED) is 0.379. The van der Waals surface area contributed by atoms with E-state index in [0.717, 1.165) is 10.6 Å². The number of hydrogen-bond acceptors (Lipinski definition) is 7. The third-order valence-electron chi connectivity index (χ3n) is 5.25. The van der Waals surface area contributed by atoms with Gasteiger partial charge in [-0.1, -0.05) is 11.6 Å². The molecule has 1 atom stereocenters. The molecule has 0 saturated heterocycles. The molecule has 0 aliphatic rings. The van der Waals surface area contributed by atoms with Crippen LogP contribution in [0.15, 0.2) is 71.6 Å². The zero-order valence-electron chi connectivity index (χ0n) is 20.4. The van der Waals surface area contributed by atoms with E-state index in [1.54, 1.807) is 12.1 Å². The number of hydrogen-bond donors (Lipinski definition) is 2. The number of nitrogens with one attached hydrogen (secondary N) is 2. The summed E-state index contributed by atoms with van der Waals surface area (Å²) in [6, 6.07) is 15.0. The molecule has 3 aromatic carbocycles. The predicted molar refractivity (Wildman–Crippen MR) is 144 cm³/mol. The molecule has 2 N–H and O–H groups in total. The lowest BCUT2D eigenvalue weighted by atomic mass is 10.2. The maximum atomic E-state index is 12.9. The van der Waals surface area contributed by atoms with Crippen molar-refractivity contribution in [2.24, 2.45) is 0 Å². The number of nitrogens with zero attached hydrogens (tertiary/aromatic N) is 1. The van der Waals surface area contributed by atoms with Gasteiger partial charge in [-0.15, -0.1) is 0 Å². The lowest BCUT2D eigenvalue weighted by Crippen LogP contribution is -2.45. The van der Waals surface area contributed by atoms with Crippen molar-refractivity contribution in [2.75, 3.05) is 34.8 Å². The Morgan fingerprint density at radius 3 is 2.08 bits per heavy atom. The molecule has 0 aromatic heterocycles. The van der Waals surface area contributed by atoms with E-state index in [9.17, 15) is 21.6 Å². The molecule has 3 aromatic rings. The van der Waals surface area contributed by atoms with Gasteiger partial charge >= 0.3 is 0 Å². The van der Waals surface area contributed by atoms with Gasteiger partial charge in [-0.25, -0.2) is 16.8 Å². The van der Waals surface area contributed by atoms with Crippen molar-refractivity contribution in [1.82, 2.24) is 0 Å². The monoisotopic (exact) mass is 567 g/mol. The summed E-state index contributed by atoms with van der Waals surface area (Å²) in [6.45, 7) is 1.44. The lowest BCUT2D eigenvalue weighted by Gasteiger charge is -2.28. The minimum absolute atomic E-state index is 0.0599. The van der Waals surface area contributed by atoms with Crippen molar-refractivity contribution >= 4 is 54.6 Å². The summed E-state index contributed by atoms with van der Waals surface area (Å²) < 4.78 is 64.4. The Kier molecular flexibility index (Phi) is 8.57. The van der Waals surface area contributed by atoms with Crippen molar-refractivity contribution in [3.05, 3.63) is 71.8 Å². The average molecular weight is 568 g/mol. The van der Waals surface area contributed by atoms with Crippen LogP contribution in [-0.2, 0) is 24.8 Å². The van der Waals surface area contributed by atoms with E-state index in [0.29, 0.717) is 10.8 Å². The number of benzene rings is 3. The maximum absolute atomic E-state index is 12.9. The number of ether oxygens (including phenoxy) is 2. The fraction of sp³-hybridized carbons (Fsp3) is 0.208. The molecule has 1 amide bonds. The van der Waals surface area contributed by atoms with Crippen molar-refractivity contribution in [1.29, 1.82) is 0 Å². The lowest BCUT2D eigenvalue weighted by molar-refractivity contribution is -0.116. The van der Waals surface area contributed by atoms with Gasteiger partial charge < -0.3 is 14.8 Å². The van der Waals surface area contributed by atoms with Crippen LogP contribution in [0.5, 0.6) is 11.5 Å². The number of amides is 1. The molecule has 0 unspecified atom stereocenters. The standard InChI is InChI=1S/C24H26ClN3O7S2/c1-16(28(36(4,30)31)19-9-5-17(25)6-10-19)24(29)26-18-7-12-21(13-8-18)37(32,33)27-22-14-11-20(34-2)15-23(22)35-3/h5-16,27H,1-4H3,(H,26,29)/t16-/m0/s1. The molecule has 0 fully saturated rings. The first-order valence-corrected chi connectivity index (χ1v) is 14.5.